The van der Waals surface area contributed by atoms with Gasteiger partial charge in [0.1, 0.15) is 4.64 Å². The van der Waals surface area contributed by atoms with E-state index in [0.29, 0.717) is 0 Å². The number of carboxylic acids is 1. The number of rotatable bonds is 2. The van der Waals surface area contributed by atoms with Crippen molar-refractivity contribution in [1.82, 2.24) is 4.98 Å². The number of benzene rings is 1. The number of hydrogen-bond donors (Lipinski definition) is 2. The van der Waals surface area contributed by atoms with Crippen LogP contribution in [0.2, 0.25) is 0 Å². The Bertz CT molecular complexity index is 617. The molecule has 0 aliphatic rings. The number of carbonyl (C=O) groups is 1. The zero-order valence-corrected chi connectivity index (χ0v) is 10.0. The first-order valence-electron chi connectivity index (χ1n) is 5.12. The third kappa shape index (κ3) is 2.26. The van der Waals surface area contributed by atoms with Crippen LogP contribution in [0.1, 0.15) is 15.9 Å². The quantitative estimate of drug-likeness (QED) is 0.797. The second-order valence-corrected chi connectivity index (χ2v) is 4.15. The molecule has 0 saturated heterocycles. The van der Waals surface area contributed by atoms with Gasteiger partial charge in [-0.3, -0.25) is 0 Å². The van der Waals surface area contributed by atoms with Gasteiger partial charge >= 0.3 is 5.97 Å². The molecule has 1 heterocycles. The molecule has 1 aromatic carbocycles. The van der Waals surface area contributed by atoms with E-state index >= 15 is 0 Å². The molecule has 0 atom stereocenters. The van der Waals surface area contributed by atoms with Crippen LogP contribution in [0.3, 0.4) is 0 Å². The highest BCUT2D eigenvalue weighted by molar-refractivity contribution is 7.71. The van der Waals surface area contributed by atoms with Gasteiger partial charge in [-0.2, -0.15) is 0 Å². The van der Waals surface area contributed by atoms with Crippen molar-refractivity contribution < 1.29 is 9.90 Å². The van der Waals surface area contributed by atoms with Crippen LogP contribution in [-0.4, -0.2) is 16.1 Å². The molecule has 0 spiro atoms. The van der Waals surface area contributed by atoms with Crippen molar-refractivity contribution in [2.24, 2.45) is 0 Å². The Morgan fingerprint density at radius 2 is 1.94 bits per heavy atom. The molecule has 2 rings (SSSR count). The minimum Gasteiger partial charge on any atom is -0.478 e. The van der Waals surface area contributed by atoms with Crippen LogP contribution in [0.25, 0.3) is 11.3 Å². The van der Waals surface area contributed by atoms with E-state index in [0.717, 1.165) is 16.8 Å². The molecule has 1 aromatic heterocycles. The van der Waals surface area contributed by atoms with Gasteiger partial charge in [0.25, 0.3) is 0 Å². The van der Waals surface area contributed by atoms with E-state index in [-0.39, 0.29) is 10.2 Å². The van der Waals surface area contributed by atoms with Crippen LogP contribution in [0.4, 0.5) is 0 Å². The maximum atomic E-state index is 10.9. The van der Waals surface area contributed by atoms with Gasteiger partial charge in [-0.05, 0) is 24.1 Å². The van der Waals surface area contributed by atoms with Crippen LogP contribution in [0, 0.1) is 11.6 Å². The first-order valence-corrected chi connectivity index (χ1v) is 5.53. The smallest absolute Gasteiger partial charge is 0.338 e. The predicted octanol–water partition coefficient (Wildman–Crippen LogP) is 3.42. The average Bonchev–Trinajstić information content (AvgIpc) is 2.32. The number of nitrogens with one attached hydrogen (secondary N) is 1. The zero-order valence-electron chi connectivity index (χ0n) is 9.23. The third-order valence-corrected chi connectivity index (χ3v) is 2.85. The normalized spacial score (nSPS) is 10.2. The molecule has 0 aliphatic heterocycles. The second kappa shape index (κ2) is 4.51. The monoisotopic (exact) mass is 245 g/mol. The lowest BCUT2D eigenvalue weighted by Gasteiger charge is -2.07. The summed E-state index contributed by atoms with van der Waals surface area (Å²) in [4.78, 5) is 13.9. The van der Waals surface area contributed by atoms with Gasteiger partial charge in [0.2, 0.25) is 0 Å². The summed E-state index contributed by atoms with van der Waals surface area (Å²) in [5.74, 6) is -1.01. The van der Waals surface area contributed by atoms with Crippen molar-refractivity contribution in [1.29, 1.82) is 0 Å². The lowest BCUT2D eigenvalue weighted by atomic mass is 10.1. The van der Waals surface area contributed by atoms with Crippen LogP contribution < -0.4 is 0 Å². The van der Waals surface area contributed by atoms with Crippen molar-refractivity contribution in [2.75, 3.05) is 0 Å². The third-order valence-electron chi connectivity index (χ3n) is 2.53. The topological polar surface area (TPSA) is 53.1 Å². The molecule has 0 radical (unpaired) electrons. The molecule has 0 amide bonds. The van der Waals surface area contributed by atoms with Gasteiger partial charge in [-0.1, -0.05) is 42.5 Å². The molecule has 0 fully saturated rings. The van der Waals surface area contributed by atoms with Crippen molar-refractivity contribution in [2.45, 2.75) is 6.92 Å². The number of carboxylic acid groups (broad SMARTS) is 1. The SMILES string of the molecule is Cc1cc(C(=O)O)c(=S)[nH]c1-c1ccccc1. The molecule has 2 N–H and O–H groups in total. The van der Waals surface area contributed by atoms with Gasteiger partial charge < -0.3 is 10.1 Å². The fourth-order valence-electron chi connectivity index (χ4n) is 1.70. The number of H-pyrrole nitrogens is 1. The molecular formula is C13H11NO2S. The van der Waals surface area contributed by atoms with E-state index in [4.69, 9.17) is 17.3 Å². The molecule has 3 nitrogen and oxygen atoms in total. The number of hydrogen-bond acceptors (Lipinski definition) is 2. The highest BCUT2D eigenvalue weighted by atomic mass is 32.1. The minimum absolute atomic E-state index is 0.136. The van der Waals surface area contributed by atoms with Gasteiger partial charge in [-0.15, -0.1) is 0 Å². The maximum absolute atomic E-state index is 10.9. The fraction of sp³-hybridized carbons (Fsp3) is 0.0769. The Balaban J connectivity index is 2.63. The van der Waals surface area contributed by atoms with Gasteiger partial charge in [0.05, 0.1) is 5.56 Å². The van der Waals surface area contributed by atoms with E-state index in [9.17, 15) is 4.79 Å². The van der Waals surface area contributed by atoms with Crippen LogP contribution in [-0.2, 0) is 0 Å². The molecule has 17 heavy (non-hydrogen) atoms. The second-order valence-electron chi connectivity index (χ2n) is 3.74. The molecule has 0 aliphatic carbocycles. The van der Waals surface area contributed by atoms with Crippen molar-refractivity contribution in [3.8, 4) is 11.3 Å². The summed E-state index contributed by atoms with van der Waals surface area (Å²) in [5, 5.41) is 8.96. The number of aromatic carboxylic acids is 1. The van der Waals surface area contributed by atoms with E-state index < -0.39 is 5.97 Å². The van der Waals surface area contributed by atoms with Crippen LogP contribution in [0.15, 0.2) is 36.4 Å². The van der Waals surface area contributed by atoms with Crippen molar-refractivity contribution in [3.05, 3.63) is 52.2 Å². The molecule has 4 heteroatoms. The molecule has 86 valence electrons. The molecular weight excluding hydrogens is 234 g/mol. The van der Waals surface area contributed by atoms with Gasteiger partial charge in [-0.25, -0.2) is 4.79 Å². The van der Waals surface area contributed by atoms with Crippen molar-refractivity contribution >= 4 is 18.2 Å². The minimum atomic E-state index is -1.01. The summed E-state index contributed by atoms with van der Waals surface area (Å²) in [5.41, 5.74) is 2.85. The Morgan fingerprint density at radius 1 is 1.29 bits per heavy atom. The van der Waals surface area contributed by atoms with Crippen LogP contribution in [0.5, 0.6) is 0 Å². The summed E-state index contributed by atoms with van der Waals surface area (Å²) in [7, 11) is 0. The number of aromatic nitrogens is 1. The Kier molecular flexibility index (Phi) is 3.06. The van der Waals surface area contributed by atoms with Crippen molar-refractivity contribution in [3.63, 3.8) is 0 Å². The molecule has 0 unspecified atom stereocenters. The first-order chi connectivity index (χ1) is 8.09. The Hall–Kier alpha value is -1.94. The summed E-state index contributed by atoms with van der Waals surface area (Å²) in [6, 6.07) is 11.3. The highest BCUT2D eigenvalue weighted by Crippen LogP contribution is 2.21. The van der Waals surface area contributed by atoms with Gasteiger partial charge in [0.15, 0.2) is 0 Å². The van der Waals surface area contributed by atoms with E-state index in [1.165, 1.54) is 0 Å². The highest BCUT2D eigenvalue weighted by Gasteiger charge is 2.10. The first kappa shape index (κ1) is 11.5. The lowest BCUT2D eigenvalue weighted by Crippen LogP contribution is -2.01. The number of aromatic amines is 1. The van der Waals surface area contributed by atoms with Crippen LogP contribution >= 0.6 is 12.2 Å². The Labute approximate surface area is 104 Å². The summed E-state index contributed by atoms with van der Waals surface area (Å²) >= 11 is 5.04. The van der Waals surface area contributed by atoms with Gasteiger partial charge in [0, 0.05) is 5.69 Å². The summed E-state index contributed by atoms with van der Waals surface area (Å²) in [6.45, 7) is 1.86. The summed E-state index contributed by atoms with van der Waals surface area (Å²) in [6.07, 6.45) is 0. The van der Waals surface area contributed by atoms with E-state index in [1.807, 2.05) is 37.3 Å². The number of aryl methyl sites for hydroxylation is 1. The van der Waals surface area contributed by atoms with E-state index in [2.05, 4.69) is 4.98 Å². The average molecular weight is 245 g/mol. The zero-order chi connectivity index (χ0) is 12.4. The standard InChI is InChI=1S/C13H11NO2S/c1-8-7-10(13(15)16)12(17)14-11(8)9-5-3-2-4-6-9/h2-7H,1H3,(H,14,17)(H,15,16). The molecule has 0 bridgehead atoms. The predicted molar refractivity (Wildman–Crippen MR) is 68.8 cm³/mol. The largest absolute Gasteiger partial charge is 0.478 e. The fourth-order valence-corrected chi connectivity index (χ4v) is 1.95. The number of pyridine rings is 1. The Morgan fingerprint density at radius 3 is 2.53 bits per heavy atom. The maximum Gasteiger partial charge on any atom is 0.338 e. The molecule has 2 aromatic rings. The summed E-state index contributed by atoms with van der Waals surface area (Å²) < 4.78 is 0.252. The molecule has 0 saturated carbocycles. The lowest BCUT2D eigenvalue weighted by molar-refractivity contribution is 0.0695. The van der Waals surface area contributed by atoms with E-state index in [1.54, 1.807) is 6.07 Å².